The molecule has 41 heavy (non-hydrogen) atoms. The Labute approximate surface area is 237 Å². The van der Waals surface area contributed by atoms with Crippen LogP contribution in [-0.2, 0) is 6.42 Å². The molecule has 0 N–H and O–H groups in total. The van der Waals surface area contributed by atoms with Gasteiger partial charge in [0.1, 0.15) is 6.07 Å². The van der Waals surface area contributed by atoms with Crippen LogP contribution in [0.15, 0.2) is 121 Å². The summed E-state index contributed by atoms with van der Waals surface area (Å²) >= 11 is 0. The second kappa shape index (κ2) is 8.98. The Kier molecular flexibility index (Phi) is 5.11. The van der Waals surface area contributed by atoms with Crippen LogP contribution in [0.4, 0.5) is 0 Å². The smallest absolute Gasteiger partial charge is 0.101 e. The van der Waals surface area contributed by atoms with Crippen LogP contribution in [0.2, 0.25) is 0 Å². The highest BCUT2D eigenvalue weighted by molar-refractivity contribution is 6.09. The Hall–Kier alpha value is -5.58. The number of allylic oxidation sites excluding steroid dienone is 5. The van der Waals surface area contributed by atoms with Gasteiger partial charge in [0.2, 0.25) is 0 Å². The zero-order valence-corrected chi connectivity index (χ0v) is 22.2. The molecular formula is C37H24N4. The van der Waals surface area contributed by atoms with Crippen LogP contribution >= 0.6 is 0 Å². The van der Waals surface area contributed by atoms with Crippen molar-refractivity contribution in [2.75, 3.05) is 0 Å². The third kappa shape index (κ3) is 3.32. The zero-order chi connectivity index (χ0) is 27.5. The molecule has 8 rings (SSSR count). The summed E-state index contributed by atoms with van der Waals surface area (Å²) in [5, 5.41) is 24.3. The van der Waals surface area contributed by atoms with Crippen LogP contribution in [0.5, 0.6) is 0 Å². The molecule has 2 aliphatic carbocycles. The molecule has 4 aromatic carbocycles. The van der Waals surface area contributed by atoms with Gasteiger partial charge in [-0.15, -0.1) is 0 Å². The molecular weight excluding hydrogens is 500 g/mol. The molecule has 2 heterocycles. The number of benzene rings is 4. The van der Waals surface area contributed by atoms with E-state index in [2.05, 4.69) is 112 Å². The summed E-state index contributed by atoms with van der Waals surface area (Å²) in [6.45, 7) is 0. The van der Waals surface area contributed by atoms with Crippen LogP contribution in [0.1, 0.15) is 34.3 Å². The first-order chi connectivity index (χ1) is 20.3. The van der Waals surface area contributed by atoms with E-state index in [4.69, 9.17) is 0 Å². The average Bonchev–Trinajstić information content (AvgIpc) is 3.72. The number of fused-ring (bicyclic) bond motifs is 6. The summed E-state index contributed by atoms with van der Waals surface area (Å²) in [5.41, 5.74) is 8.95. The second-order valence-electron chi connectivity index (χ2n) is 10.7. The highest BCUT2D eigenvalue weighted by Gasteiger charge is 2.33. The van der Waals surface area contributed by atoms with E-state index in [1.54, 1.807) is 0 Å². The van der Waals surface area contributed by atoms with Crippen molar-refractivity contribution >= 4 is 38.8 Å². The van der Waals surface area contributed by atoms with E-state index in [0.717, 1.165) is 45.0 Å². The van der Waals surface area contributed by atoms with Gasteiger partial charge in [0, 0.05) is 33.3 Å². The lowest BCUT2D eigenvalue weighted by Gasteiger charge is -2.31. The van der Waals surface area contributed by atoms with Crippen molar-refractivity contribution in [2.24, 2.45) is 0 Å². The topological polar surface area (TPSA) is 57.4 Å². The molecule has 0 amide bonds. The molecule has 4 heteroatoms. The molecule has 2 aromatic heterocycles. The van der Waals surface area contributed by atoms with Gasteiger partial charge in [-0.2, -0.15) is 10.5 Å². The van der Waals surface area contributed by atoms with E-state index in [-0.39, 0.29) is 12.0 Å². The van der Waals surface area contributed by atoms with Gasteiger partial charge in [-0.05, 0) is 60.0 Å². The maximum atomic E-state index is 10.4. The van der Waals surface area contributed by atoms with Crippen molar-refractivity contribution < 1.29 is 0 Å². The maximum Gasteiger partial charge on any atom is 0.101 e. The first-order valence-electron chi connectivity index (χ1n) is 13.9. The summed E-state index contributed by atoms with van der Waals surface area (Å²) in [7, 11) is 0. The fraction of sp³-hybridized carbons (Fsp3) is 0.0811. The number of aromatic nitrogens is 2. The van der Waals surface area contributed by atoms with Crippen LogP contribution in [0.25, 0.3) is 44.5 Å². The van der Waals surface area contributed by atoms with Crippen molar-refractivity contribution in [3.63, 3.8) is 0 Å². The molecule has 0 aliphatic heterocycles. The maximum absolute atomic E-state index is 10.4. The molecule has 6 aromatic rings. The molecule has 0 saturated heterocycles. The Balaban J connectivity index is 1.32. The van der Waals surface area contributed by atoms with Gasteiger partial charge in [-0.3, -0.25) is 0 Å². The Morgan fingerprint density at radius 1 is 0.732 bits per heavy atom. The minimum atomic E-state index is -0.216. The Morgan fingerprint density at radius 2 is 1.41 bits per heavy atom. The van der Waals surface area contributed by atoms with Crippen molar-refractivity contribution in [3.8, 4) is 17.8 Å². The summed E-state index contributed by atoms with van der Waals surface area (Å²) in [5.74, 6) is -0.108. The summed E-state index contributed by atoms with van der Waals surface area (Å²) in [6.07, 6.45) is 11.4. The zero-order valence-electron chi connectivity index (χ0n) is 22.2. The van der Waals surface area contributed by atoms with Gasteiger partial charge in [-0.25, -0.2) is 0 Å². The lowest BCUT2D eigenvalue weighted by Crippen LogP contribution is -2.21. The fourth-order valence-electron chi connectivity index (χ4n) is 6.94. The van der Waals surface area contributed by atoms with Gasteiger partial charge in [-0.1, -0.05) is 78.9 Å². The SMILES string of the molecule is N#CC1=CC=CC(c2ccc(-n3c4ccccc4c4ccccc43)c(C#N)c2)C1n1c2c(c3ccccc31)CC=C2. The van der Waals surface area contributed by atoms with Gasteiger partial charge in [0.15, 0.2) is 0 Å². The molecule has 2 unspecified atom stereocenters. The van der Waals surface area contributed by atoms with Gasteiger partial charge in [0.05, 0.1) is 40.0 Å². The van der Waals surface area contributed by atoms with Crippen molar-refractivity contribution in [2.45, 2.75) is 18.4 Å². The highest BCUT2D eigenvalue weighted by Crippen LogP contribution is 2.45. The van der Waals surface area contributed by atoms with Crippen LogP contribution in [0, 0.1) is 22.7 Å². The number of nitriles is 2. The second-order valence-corrected chi connectivity index (χ2v) is 10.7. The number of nitrogens with zero attached hydrogens (tertiary/aromatic N) is 4. The van der Waals surface area contributed by atoms with Crippen molar-refractivity contribution in [1.82, 2.24) is 9.13 Å². The number of rotatable bonds is 3. The highest BCUT2D eigenvalue weighted by atomic mass is 15.0. The largest absolute Gasteiger partial charge is 0.331 e. The van der Waals surface area contributed by atoms with Crippen LogP contribution in [0.3, 0.4) is 0 Å². The summed E-state index contributed by atoms with van der Waals surface area (Å²) in [4.78, 5) is 0. The lowest BCUT2D eigenvalue weighted by atomic mass is 9.82. The fourth-order valence-corrected chi connectivity index (χ4v) is 6.94. The first-order valence-corrected chi connectivity index (χ1v) is 13.9. The quantitative estimate of drug-likeness (QED) is 0.233. The van der Waals surface area contributed by atoms with E-state index in [0.29, 0.717) is 11.1 Å². The van der Waals surface area contributed by atoms with Gasteiger partial charge < -0.3 is 9.13 Å². The van der Waals surface area contributed by atoms with E-state index < -0.39 is 0 Å². The Morgan fingerprint density at radius 3 is 2.12 bits per heavy atom. The minimum absolute atomic E-state index is 0.108. The molecule has 4 nitrogen and oxygen atoms in total. The molecule has 0 spiro atoms. The Bertz CT molecular complexity index is 2170. The molecule has 0 fully saturated rings. The van der Waals surface area contributed by atoms with Gasteiger partial charge in [0.25, 0.3) is 0 Å². The van der Waals surface area contributed by atoms with Crippen molar-refractivity contribution in [1.29, 1.82) is 10.5 Å². The van der Waals surface area contributed by atoms with Crippen LogP contribution < -0.4 is 0 Å². The third-order valence-electron chi connectivity index (χ3n) is 8.66. The minimum Gasteiger partial charge on any atom is -0.331 e. The normalized spacial score (nSPS) is 17.6. The van der Waals surface area contributed by atoms with E-state index >= 15 is 0 Å². The molecule has 0 saturated carbocycles. The van der Waals surface area contributed by atoms with Crippen LogP contribution in [-0.4, -0.2) is 9.13 Å². The molecule has 2 aliphatic rings. The molecule has 2 atom stereocenters. The predicted molar refractivity (Wildman–Crippen MR) is 165 cm³/mol. The first kappa shape index (κ1) is 23.3. The van der Waals surface area contributed by atoms with Crippen molar-refractivity contribution in [3.05, 3.63) is 143 Å². The average molecular weight is 525 g/mol. The third-order valence-corrected chi connectivity index (χ3v) is 8.66. The molecule has 192 valence electrons. The number of hydrogen-bond donors (Lipinski definition) is 0. The van der Waals surface area contributed by atoms with E-state index in [1.165, 1.54) is 16.6 Å². The van der Waals surface area contributed by atoms with Gasteiger partial charge >= 0.3 is 0 Å². The molecule has 0 radical (unpaired) electrons. The summed E-state index contributed by atoms with van der Waals surface area (Å²) in [6, 6.07) is 36.1. The molecule has 0 bridgehead atoms. The monoisotopic (exact) mass is 524 g/mol. The van der Waals surface area contributed by atoms with E-state index in [1.807, 2.05) is 30.4 Å². The standard InChI is InChI=1S/C37H24N4/c38-22-25-9-7-13-27(37(25)41-35-17-6-3-12-30(35)31-14-8-18-36(31)41)24-19-20-32(26(21-24)23-39)40-33-15-4-1-10-28(33)29-11-2-5-16-34(29)40/h1-13,15-21,27,37H,14H2. The van der Waals surface area contributed by atoms with E-state index in [9.17, 15) is 10.5 Å². The number of hydrogen-bond acceptors (Lipinski definition) is 2. The lowest BCUT2D eigenvalue weighted by molar-refractivity contribution is 0.541. The summed E-state index contributed by atoms with van der Waals surface area (Å²) < 4.78 is 4.53. The predicted octanol–water partition coefficient (Wildman–Crippen LogP) is 8.52. The number of para-hydroxylation sites is 3.